The lowest BCUT2D eigenvalue weighted by Crippen LogP contribution is -2.21. The van der Waals surface area contributed by atoms with E-state index in [0.29, 0.717) is 23.6 Å². The van der Waals surface area contributed by atoms with Crippen LogP contribution in [0.3, 0.4) is 0 Å². The molecule has 2 aromatic carbocycles. The van der Waals surface area contributed by atoms with Crippen LogP contribution in [0, 0.1) is 6.92 Å². The summed E-state index contributed by atoms with van der Waals surface area (Å²) in [5.41, 5.74) is 2.67. The van der Waals surface area contributed by atoms with E-state index in [4.69, 9.17) is 4.74 Å². The first-order valence-electron chi connectivity index (χ1n) is 8.69. The van der Waals surface area contributed by atoms with Crippen molar-refractivity contribution in [3.63, 3.8) is 0 Å². The van der Waals surface area contributed by atoms with Crippen molar-refractivity contribution >= 4 is 28.8 Å². The Bertz CT molecular complexity index is 963. The summed E-state index contributed by atoms with van der Waals surface area (Å²) in [7, 11) is 3.39. The molecule has 0 spiro atoms. The molecule has 0 unspecified atom stereocenters. The van der Waals surface area contributed by atoms with Gasteiger partial charge in [-0.3, -0.25) is 9.59 Å². The third-order valence-corrected chi connectivity index (χ3v) is 4.79. The molecule has 3 rings (SSSR count). The number of benzene rings is 2. The summed E-state index contributed by atoms with van der Waals surface area (Å²) in [6.45, 7) is 2.32. The maximum atomic E-state index is 12.4. The molecule has 0 aliphatic carbocycles. The number of aromatic nitrogens is 1. The maximum Gasteiger partial charge on any atom is 0.275 e. The normalized spacial score (nSPS) is 10.4. The summed E-state index contributed by atoms with van der Waals surface area (Å²) >= 11 is 1.37. The second kappa shape index (κ2) is 8.67. The second-order valence-corrected chi connectivity index (χ2v) is 7.40. The molecule has 1 heterocycles. The Morgan fingerprint density at radius 3 is 2.39 bits per heavy atom. The van der Waals surface area contributed by atoms with E-state index < -0.39 is 0 Å². The van der Waals surface area contributed by atoms with E-state index in [0.717, 1.165) is 10.8 Å². The SMILES string of the molecule is Cc1ccc(OCc2nc(C(=O)Nc3ccc(C(=O)N(C)C)cc3)cs2)cc1. The maximum absolute atomic E-state index is 12.4. The summed E-state index contributed by atoms with van der Waals surface area (Å²) in [6, 6.07) is 14.5. The molecule has 0 aliphatic heterocycles. The van der Waals surface area contributed by atoms with Crippen molar-refractivity contribution in [1.29, 1.82) is 0 Å². The molecule has 1 N–H and O–H groups in total. The molecular formula is C21H21N3O3S. The van der Waals surface area contributed by atoms with E-state index in [9.17, 15) is 9.59 Å². The Kier molecular flexibility index (Phi) is 6.06. The van der Waals surface area contributed by atoms with Gasteiger partial charge in [0.05, 0.1) is 0 Å². The van der Waals surface area contributed by atoms with Crippen LogP contribution in [0.1, 0.15) is 31.4 Å². The summed E-state index contributed by atoms with van der Waals surface area (Å²) in [6.07, 6.45) is 0. The van der Waals surface area contributed by atoms with Crippen LogP contribution in [0.25, 0.3) is 0 Å². The highest BCUT2D eigenvalue weighted by Gasteiger charge is 2.13. The highest BCUT2D eigenvalue weighted by atomic mass is 32.1. The Morgan fingerprint density at radius 1 is 1.07 bits per heavy atom. The summed E-state index contributed by atoms with van der Waals surface area (Å²) in [5, 5.41) is 5.21. The Balaban J connectivity index is 1.57. The minimum atomic E-state index is -0.301. The quantitative estimate of drug-likeness (QED) is 0.685. The lowest BCUT2D eigenvalue weighted by molar-refractivity contribution is 0.0827. The molecular weight excluding hydrogens is 374 g/mol. The number of hydrogen-bond acceptors (Lipinski definition) is 5. The molecule has 1 aromatic heterocycles. The summed E-state index contributed by atoms with van der Waals surface area (Å²) < 4.78 is 5.69. The Labute approximate surface area is 167 Å². The first-order chi connectivity index (χ1) is 13.4. The standard InChI is InChI=1S/C21H21N3O3S/c1-14-4-10-17(11-5-14)27-12-19-23-18(13-28-19)20(25)22-16-8-6-15(7-9-16)21(26)24(2)3/h4-11,13H,12H2,1-3H3,(H,22,25). The highest BCUT2D eigenvalue weighted by Crippen LogP contribution is 2.17. The average Bonchev–Trinajstić information content (AvgIpc) is 3.17. The van der Waals surface area contributed by atoms with Gasteiger partial charge < -0.3 is 15.0 Å². The zero-order chi connectivity index (χ0) is 20.1. The number of nitrogens with one attached hydrogen (secondary N) is 1. The number of rotatable bonds is 6. The van der Waals surface area contributed by atoms with Crippen molar-refractivity contribution in [2.45, 2.75) is 13.5 Å². The molecule has 2 amide bonds. The number of carbonyl (C=O) groups is 2. The molecule has 28 heavy (non-hydrogen) atoms. The largest absolute Gasteiger partial charge is 0.486 e. The fourth-order valence-corrected chi connectivity index (χ4v) is 3.10. The number of aryl methyl sites for hydroxylation is 1. The number of carbonyl (C=O) groups excluding carboxylic acids is 2. The number of ether oxygens (including phenoxy) is 1. The molecule has 0 atom stereocenters. The number of thiazole rings is 1. The number of hydrogen-bond donors (Lipinski definition) is 1. The van der Waals surface area contributed by atoms with Crippen molar-refractivity contribution in [2.24, 2.45) is 0 Å². The van der Waals surface area contributed by atoms with Gasteiger partial charge in [-0.1, -0.05) is 17.7 Å². The van der Waals surface area contributed by atoms with Crippen LogP contribution in [-0.2, 0) is 6.61 Å². The van der Waals surface area contributed by atoms with E-state index in [-0.39, 0.29) is 11.8 Å². The van der Waals surface area contributed by atoms with Gasteiger partial charge in [0.1, 0.15) is 23.1 Å². The van der Waals surface area contributed by atoms with E-state index in [1.54, 1.807) is 43.7 Å². The number of nitrogens with zero attached hydrogens (tertiary/aromatic N) is 2. The van der Waals surface area contributed by atoms with Gasteiger partial charge in [0, 0.05) is 30.7 Å². The van der Waals surface area contributed by atoms with Crippen LogP contribution < -0.4 is 10.1 Å². The molecule has 0 saturated heterocycles. The second-order valence-electron chi connectivity index (χ2n) is 6.46. The first-order valence-corrected chi connectivity index (χ1v) is 9.57. The van der Waals surface area contributed by atoms with Gasteiger partial charge >= 0.3 is 0 Å². The molecule has 0 bridgehead atoms. The monoisotopic (exact) mass is 395 g/mol. The zero-order valence-electron chi connectivity index (χ0n) is 15.9. The van der Waals surface area contributed by atoms with Crippen molar-refractivity contribution in [3.8, 4) is 5.75 Å². The van der Waals surface area contributed by atoms with E-state index in [1.807, 2.05) is 31.2 Å². The molecule has 7 heteroatoms. The predicted molar refractivity (Wildman–Crippen MR) is 110 cm³/mol. The van der Waals surface area contributed by atoms with Gasteiger partial charge in [0.15, 0.2) is 0 Å². The van der Waals surface area contributed by atoms with Gasteiger partial charge in [-0.25, -0.2) is 4.98 Å². The number of anilines is 1. The third-order valence-electron chi connectivity index (χ3n) is 3.96. The van der Waals surface area contributed by atoms with Crippen LogP contribution in [0.15, 0.2) is 53.9 Å². The van der Waals surface area contributed by atoms with Crippen LogP contribution in [0.2, 0.25) is 0 Å². The topological polar surface area (TPSA) is 71.5 Å². The van der Waals surface area contributed by atoms with Crippen LogP contribution in [0.4, 0.5) is 5.69 Å². The van der Waals surface area contributed by atoms with Gasteiger partial charge in [-0.2, -0.15) is 0 Å². The Morgan fingerprint density at radius 2 is 1.75 bits per heavy atom. The van der Waals surface area contributed by atoms with Gasteiger partial charge in [0.2, 0.25) is 0 Å². The predicted octanol–water partition coefficient (Wildman–Crippen LogP) is 3.98. The lowest BCUT2D eigenvalue weighted by atomic mass is 10.2. The first kappa shape index (κ1) is 19.6. The van der Waals surface area contributed by atoms with Crippen LogP contribution in [0.5, 0.6) is 5.75 Å². The molecule has 0 fully saturated rings. The molecule has 0 aliphatic rings. The zero-order valence-corrected chi connectivity index (χ0v) is 16.7. The van der Waals surface area contributed by atoms with E-state index in [2.05, 4.69) is 10.3 Å². The van der Waals surface area contributed by atoms with Crippen molar-refractivity contribution < 1.29 is 14.3 Å². The minimum absolute atomic E-state index is 0.0874. The van der Waals surface area contributed by atoms with Crippen molar-refractivity contribution in [1.82, 2.24) is 9.88 Å². The number of amides is 2. The molecule has 0 saturated carbocycles. The molecule has 0 radical (unpaired) electrons. The Hall–Kier alpha value is -3.19. The van der Waals surface area contributed by atoms with Crippen molar-refractivity contribution in [2.75, 3.05) is 19.4 Å². The van der Waals surface area contributed by atoms with Gasteiger partial charge in [-0.15, -0.1) is 11.3 Å². The van der Waals surface area contributed by atoms with Crippen molar-refractivity contribution in [3.05, 3.63) is 75.7 Å². The fourth-order valence-electron chi connectivity index (χ4n) is 2.41. The summed E-state index contributed by atoms with van der Waals surface area (Å²) in [4.78, 5) is 30.1. The lowest BCUT2D eigenvalue weighted by Gasteiger charge is -2.10. The average molecular weight is 395 g/mol. The highest BCUT2D eigenvalue weighted by molar-refractivity contribution is 7.09. The van der Waals surface area contributed by atoms with Crippen LogP contribution in [-0.4, -0.2) is 35.8 Å². The van der Waals surface area contributed by atoms with E-state index >= 15 is 0 Å². The smallest absolute Gasteiger partial charge is 0.275 e. The van der Waals surface area contributed by atoms with Crippen LogP contribution >= 0.6 is 11.3 Å². The fraction of sp³-hybridized carbons (Fsp3) is 0.190. The summed E-state index contributed by atoms with van der Waals surface area (Å²) in [5.74, 6) is 0.374. The molecule has 144 valence electrons. The van der Waals surface area contributed by atoms with E-state index in [1.165, 1.54) is 21.8 Å². The van der Waals surface area contributed by atoms with Gasteiger partial charge in [-0.05, 0) is 43.3 Å². The molecule has 3 aromatic rings. The van der Waals surface area contributed by atoms with Gasteiger partial charge in [0.25, 0.3) is 11.8 Å². The molecule has 6 nitrogen and oxygen atoms in total. The minimum Gasteiger partial charge on any atom is -0.486 e. The third kappa shape index (κ3) is 4.95.